The smallest absolute Gasteiger partial charge is 0.454 e. The molecule has 1 heterocycles. The number of halogens is 6. The summed E-state index contributed by atoms with van der Waals surface area (Å²) in [7, 11) is 1.32. The summed E-state index contributed by atoms with van der Waals surface area (Å²) < 4.78 is 87.3. The average Bonchev–Trinajstić information content (AvgIpc) is 2.71. The molecule has 162 valence electrons. The number of carbonyl (C=O) groups is 1. The molecule has 0 saturated carbocycles. The monoisotopic (exact) mass is 458 g/mol. The summed E-state index contributed by atoms with van der Waals surface area (Å²) in [5, 5.41) is 10.8. The fourth-order valence-electron chi connectivity index (χ4n) is 3.64. The minimum atomic E-state index is -5.31. The van der Waals surface area contributed by atoms with Gasteiger partial charge in [0.15, 0.2) is 0 Å². The Balaban J connectivity index is 2.13. The molecule has 0 fully saturated rings. The van der Waals surface area contributed by atoms with Crippen LogP contribution in [0.4, 0.5) is 26.3 Å². The zero-order valence-corrected chi connectivity index (χ0v) is 16.4. The number of alkyl halides is 6. The minimum absolute atomic E-state index is 0.00579. The van der Waals surface area contributed by atoms with Gasteiger partial charge in [0.2, 0.25) is 5.60 Å². The van der Waals surface area contributed by atoms with E-state index in [0.29, 0.717) is 6.07 Å². The number of Topliss-reactive ketones (excluding diaryl/α,β-unsaturated/α-hetero) is 1. The van der Waals surface area contributed by atoms with Gasteiger partial charge < -0.3 is 9.84 Å². The topological polar surface area (TPSA) is 46.5 Å². The fraction of sp³-hybridized carbons (Fsp3) is 0.190. The van der Waals surface area contributed by atoms with Crippen molar-refractivity contribution in [3.05, 3.63) is 65.2 Å². The first-order chi connectivity index (χ1) is 14.4. The van der Waals surface area contributed by atoms with Gasteiger partial charge in [-0.1, -0.05) is 42.1 Å². The highest BCUT2D eigenvalue weighted by atomic mass is 32.2. The van der Waals surface area contributed by atoms with Crippen LogP contribution in [0.15, 0.2) is 58.3 Å². The van der Waals surface area contributed by atoms with Crippen molar-refractivity contribution in [2.45, 2.75) is 27.7 Å². The Hall–Kier alpha value is -2.72. The Morgan fingerprint density at radius 2 is 1.61 bits per heavy atom. The molecule has 0 spiro atoms. The molecule has 1 N–H and O–H groups in total. The Labute approximate surface area is 175 Å². The molecule has 0 aliphatic carbocycles. The van der Waals surface area contributed by atoms with Gasteiger partial charge in [0, 0.05) is 26.5 Å². The predicted octanol–water partition coefficient (Wildman–Crippen LogP) is 5.86. The summed E-state index contributed by atoms with van der Waals surface area (Å²) in [4.78, 5) is 12.0. The third kappa shape index (κ3) is 3.16. The Kier molecular flexibility index (Phi) is 4.78. The van der Waals surface area contributed by atoms with Crippen molar-refractivity contribution in [1.29, 1.82) is 0 Å². The number of ketones is 1. The normalized spacial score (nSPS) is 18.5. The number of fused-ring (bicyclic) bond motifs is 4. The molecule has 0 bridgehead atoms. The predicted molar refractivity (Wildman–Crippen MR) is 101 cm³/mol. The van der Waals surface area contributed by atoms with E-state index in [1.54, 1.807) is 0 Å². The Morgan fingerprint density at radius 1 is 0.968 bits per heavy atom. The van der Waals surface area contributed by atoms with Crippen molar-refractivity contribution < 1.29 is 41.0 Å². The van der Waals surface area contributed by atoms with Gasteiger partial charge in [0.1, 0.15) is 5.75 Å². The van der Waals surface area contributed by atoms with Crippen LogP contribution in [0.25, 0.3) is 10.8 Å². The second kappa shape index (κ2) is 6.89. The van der Waals surface area contributed by atoms with Crippen LogP contribution >= 0.6 is 11.8 Å². The van der Waals surface area contributed by atoms with Gasteiger partial charge >= 0.3 is 12.4 Å². The Bertz CT molecular complexity index is 1220. The van der Waals surface area contributed by atoms with Gasteiger partial charge in [0.05, 0.1) is 7.11 Å². The number of hydrogen-bond acceptors (Lipinski definition) is 4. The fourth-order valence-corrected chi connectivity index (χ4v) is 4.97. The van der Waals surface area contributed by atoms with E-state index < -0.39 is 40.4 Å². The molecule has 0 saturated heterocycles. The molecule has 10 heteroatoms. The van der Waals surface area contributed by atoms with Crippen molar-refractivity contribution in [2.24, 2.45) is 0 Å². The van der Waals surface area contributed by atoms with Gasteiger partial charge in [-0.15, -0.1) is 0 Å². The molecule has 1 unspecified atom stereocenters. The molecule has 0 radical (unpaired) electrons. The van der Waals surface area contributed by atoms with Crippen LogP contribution < -0.4 is 4.74 Å². The van der Waals surface area contributed by atoms with Gasteiger partial charge in [0.25, 0.3) is 5.78 Å². The van der Waals surface area contributed by atoms with Crippen LogP contribution in [0.3, 0.4) is 0 Å². The van der Waals surface area contributed by atoms with Gasteiger partial charge in [-0.2, -0.15) is 26.3 Å². The standard InChI is InChI=1S/C21H12F6O3S/c1-30-10-6-7-14-16(8-10)31-17-12-5-3-2-4-11(12)13(18(28)20(22,23)24)9-15(17)19(14,29)21(25,26)27/h2-9,29H,1H3. The summed E-state index contributed by atoms with van der Waals surface area (Å²) in [6.45, 7) is 0. The van der Waals surface area contributed by atoms with Crippen LogP contribution in [0, 0.1) is 0 Å². The second-order valence-electron chi connectivity index (χ2n) is 6.85. The highest BCUT2D eigenvalue weighted by molar-refractivity contribution is 7.99. The number of rotatable bonds is 2. The SMILES string of the molecule is COc1ccc2c(c1)Sc1c(cc(C(=O)C(F)(F)F)c3ccccc13)C2(O)C(F)(F)F. The molecule has 1 atom stereocenters. The van der Waals surface area contributed by atoms with E-state index in [1.807, 2.05) is 0 Å². The summed E-state index contributed by atoms with van der Waals surface area (Å²) in [5.41, 5.74) is -5.96. The van der Waals surface area contributed by atoms with Crippen LogP contribution in [-0.4, -0.2) is 30.4 Å². The van der Waals surface area contributed by atoms with Crippen LogP contribution in [0.2, 0.25) is 0 Å². The number of carbonyl (C=O) groups excluding carboxylic acids is 1. The van der Waals surface area contributed by atoms with Gasteiger partial charge in [-0.25, -0.2) is 0 Å². The van der Waals surface area contributed by atoms with E-state index in [1.165, 1.54) is 43.5 Å². The molecular weight excluding hydrogens is 446 g/mol. The lowest BCUT2D eigenvalue weighted by molar-refractivity contribution is -0.250. The van der Waals surface area contributed by atoms with E-state index in [9.17, 15) is 36.2 Å². The summed E-state index contributed by atoms with van der Waals surface area (Å²) in [5.74, 6) is -2.05. The molecule has 0 amide bonds. The van der Waals surface area contributed by atoms with Crippen molar-refractivity contribution in [3.63, 3.8) is 0 Å². The summed E-state index contributed by atoms with van der Waals surface area (Å²) in [6, 6.07) is 9.38. The number of methoxy groups -OCH3 is 1. The number of hydrogen-bond donors (Lipinski definition) is 1. The summed E-state index contributed by atoms with van der Waals surface area (Å²) >= 11 is 0.855. The molecular formula is C21H12F6O3S. The lowest BCUT2D eigenvalue weighted by Gasteiger charge is -2.38. The van der Waals surface area contributed by atoms with E-state index in [-0.39, 0.29) is 26.3 Å². The summed E-state index contributed by atoms with van der Waals surface area (Å²) in [6.07, 6.45) is -10.6. The number of benzene rings is 3. The van der Waals surface area contributed by atoms with Crippen LogP contribution in [-0.2, 0) is 5.60 Å². The highest BCUT2D eigenvalue weighted by Gasteiger charge is 2.60. The molecule has 3 aromatic carbocycles. The zero-order valence-electron chi connectivity index (χ0n) is 15.6. The first kappa shape index (κ1) is 21.5. The molecule has 3 aromatic rings. The average molecular weight is 458 g/mol. The van der Waals surface area contributed by atoms with E-state index in [4.69, 9.17) is 4.74 Å². The van der Waals surface area contributed by atoms with Crippen molar-refractivity contribution in [2.75, 3.05) is 7.11 Å². The van der Waals surface area contributed by atoms with Gasteiger partial charge in [-0.3, -0.25) is 4.79 Å². The first-order valence-electron chi connectivity index (χ1n) is 8.72. The third-order valence-electron chi connectivity index (χ3n) is 5.09. The maximum absolute atomic E-state index is 14.2. The molecule has 0 aromatic heterocycles. The van der Waals surface area contributed by atoms with Crippen molar-refractivity contribution in [1.82, 2.24) is 0 Å². The lowest BCUT2D eigenvalue weighted by atomic mass is 9.82. The number of aliphatic hydroxyl groups is 1. The third-order valence-corrected chi connectivity index (χ3v) is 6.29. The molecule has 1 aliphatic heterocycles. The van der Waals surface area contributed by atoms with Crippen molar-refractivity contribution in [3.8, 4) is 5.75 Å². The maximum atomic E-state index is 14.2. The molecule has 4 rings (SSSR count). The largest absolute Gasteiger partial charge is 0.497 e. The minimum Gasteiger partial charge on any atom is -0.497 e. The number of ether oxygens (including phenoxy) is 1. The van der Waals surface area contributed by atoms with Gasteiger partial charge in [-0.05, 0) is 29.0 Å². The second-order valence-corrected chi connectivity index (χ2v) is 7.90. The quantitative estimate of drug-likeness (QED) is 0.386. The lowest BCUT2D eigenvalue weighted by Crippen LogP contribution is -2.45. The first-order valence-corrected chi connectivity index (χ1v) is 9.54. The van der Waals surface area contributed by atoms with Crippen LogP contribution in [0.5, 0.6) is 5.75 Å². The van der Waals surface area contributed by atoms with Crippen LogP contribution in [0.1, 0.15) is 21.5 Å². The zero-order chi connectivity index (χ0) is 22.8. The molecule has 1 aliphatic rings. The van der Waals surface area contributed by atoms with E-state index in [2.05, 4.69) is 0 Å². The maximum Gasteiger partial charge on any atom is 0.454 e. The van der Waals surface area contributed by atoms with E-state index >= 15 is 0 Å². The van der Waals surface area contributed by atoms with E-state index in [0.717, 1.165) is 17.8 Å². The Morgan fingerprint density at radius 3 is 2.19 bits per heavy atom. The van der Waals surface area contributed by atoms with Crippen molar-refractivity contribution >= 4 is 28.3 Å². The highest BCUT2D eigenvalue weighted by Crippen LogP contribution is 2.57. The molecule has 3 nitrogen and oxygen atoms in total. The molecule has 31 heavy (non-hydrogen) atoms.